The normalized spacial score (nSPS) is 3.00. The van der Waals surface area contributed by atoms with Crippen molar-refractivity contribution in [2.24, 2.45) is 11.5 Å². The summed E-state index contributed by atoms with van der Waals surface area (Å²) in [6.07, 6.45) is 0. The van der Waals surface area contributed by atoms with E-state index in [1.54, 1.807) is 0 Å². The van der Waals surface area contributed by atoms with Crippen LogP contribution >= 0.6 is 0 Å². The van der Waals surface area contributed by atoms with E-state index in [4.69, 9.17) is 11.5 Å². The molecule has 0 aromatic carbocycles. The summed E-state index contributed by atoms with van der Waals surface area (Å²) in [6.45, 7) is 1.19. The molecular formula is C2H8N2Na6. The smallest absolute Gasteiger partial charge is 0.00461 e. The molecule has 0 bridgehead atoms. The summed E-state index contributed by atoms with van der Waals surface area (Å²) in [6, 6.07) is 0. The molecule has 0 saturated heterocycles. The first-order valence-electron chi connectivity index (χ1n) is 1.32. The minimum absolute atomic E-state index is 0. The Balaban J connectivity index is -0.00000000300. The molecule has 10 heavy (non-hydrogen) atoms. The van der Waals surface area contributed by atoms with Gasteiger partial charge in [0.1, 0.15) is 0 Å². The summed E-state index contributed by atoms with van der Waals surface area (Å²) in [5.74, 6) is 0. The van der Waals surface area contributed by atoms with Gasteiger partial charge in [0, 0.05) is 190 Å². The summed E-state index contributed by atoms with van der Waals surface area (Å²) >= 11 is 0. The molecule has 0 heterocycles. The molecule has 0 spiro atoms. The molecule has 0 aliphatic rings. The van der Waals surface area contributed by atoms with Crippen LogP contribution < -0.4 is 11.5 Å². The minimum atomic E-state index is 0. The topological polar surface area (TPSA) is 52.0 Å². The average molecular weight is 198 g/mol. The van der Waals surface area contributed by atoms with Gasteiger partial charge in [0.2, 0.25) is 0 Å². The fourth-order valence-corrected chi connectivity index (χ4v) is 0. The Labute approximate surface area is 196 Å². The Morgan fingerprint density at radius 1 is 0.500 bits per heavy atom. The first-order chi connectivity index (χ1) is 1.91. The maximum Gasteiger partial charge on any atom is 0.00461 e. The van der Waals surface area contributed by atoms with Crippen LogP contribution in [0.5, 0.6) is 0 Å². The number of nitrogens with two attached hydrogens (primary N) is 2. The molecule has 32 valence electrons. The number of hydrogen-bond donors (Lipinski definition) is 2. The van der Waals surface area contributed by atoms with Gasteiger partial charge in [-0.05, 0) is 0 Å². The second-order valence-corrected chi connectivity index (χ2v) is 0.577. The van der Waals surface area contributed by atoms with Gasteiger partial charge in [-0.1, -0.05) is 0 Å². The van der Waals surface area contributed by atoms with Crippen LogP contribution in [0.25, 0.3) is 0 Å². The van der Waals surface area contributed by atoms with E-state index < -0.39 is 0 Å². The Kier molecular flexibility index (Phi) is 205. The Hall–Kier alpha value is 5.92. The van der Waals surface area contributed by atoms with Gasteiger partial charge in [0.25, 0.3) is 0 Å². The van der Waals surface area contributed by atoms with Crippen molar-refractivity contribution in [2.75, 3.05) is 13.1 Å². The van der Waals surface area contributed by atoms with Crippen LogP contribution in [0.2, 0.25) is 0 Å². The number of hydrogen-bond acceptors (Lipinski definition) is 2. The van der Waals surface area contributed by atoms with Crippen molar-refractivity contribution in [3.05, 3.63) is 0 Å². The summed E-state index contributed by atoms with van der Waals surface area (Å²) < 4.78 is 0. The molecule has 0 aromatic heterocycles. The molecule has 6 radical (unpaired) electrons. The third-order valence-corrected chi connectivity index (χ3v) is 0.167. The van der Waals surface area contributed by atoms with Crippen molar-refractivity contribution < 1.29 is 0 Å². The van der Waals surface area contributed by atoms with Crippen LogP contribution in [0.3, 0.4) is 0 Å². The molecule has 8 heteroatoms. The van der Waals surface area contributed by atoms with Crippen molar-refractivity contribution in [3.8, 4) is 0 Å². The standard InChI is InChI=1S/C2H8N2.6Na/c3-1-2-4;;;;;;/h1-4H2;;;;;;. The summed E-state index contributed by atoms with van der Waals surface area (Å²) in [5, 5.41) is 0. The molecule has 0 atom stereocenters. The van der Waals surface area contributed by atoms with Gasteiger partial charge in [-0.15, -0.1) is 0 Å². The molecule has 0 aliphatic heterocycles. The van der Waals surface area contributed by atoms with E-state index in [1.165, 1.54) is 0 Å². The summed E-state index contributed by atoms with van der Waals surface area (Å²) in [4.78, 5) is 0. The van der Waals surface area contributed by atoms with Crippen molar-refractivity contribution in [1.29, 1.82) is 0 Å². The monoisotopic (exact) mass is 198 g/mol. The van der Waals surface area contributed by atoms with Crippen LogP contribution in [-0.2, 0) is 0 Å². The molecular weight excluding hydrogens is 190 g/mol. The molecule has 0 unspecified atom stereocenters. The maximum atomic E-state index is 4.90. The maximum absolute atomic E-state index is 4.90. The largest absolute Gasteiger partial charge is 0.329 e. The second kappa shape index (κ2) is 46.1. The predicted octanol–water partition coefficient (Wildman–Crippen LogP) is -3.38. The van der Waals surface area contributed by atoms with E-state index in [9.17, 15) is 0 Å². The molecule has 0 rings (SSSR count). The third kappa shape index (κ3) is 48.5. The Bertz CT molecular complexity index is 15.7. The predicted molar refractivity (Wildman–Crippen MR) is 52.6 cm³/mol. The third-order valence-electron chi connectivity index (χ3n) is 0.167. The fourth-order valence-electron chi connectivity index (χ4n) is 0. The zero-order valence-corrected chi connectivity index (χ0v) is 20.6. The SMILES string of the molecule is NCCN.[Na].[Na].[Na].[Na].[Na].[Na]. The molecule has 2 nitrogen and oxygen atoms in total. The van der Waals surface area contributed by atoms with Gasteiger partial charge in [-0.25, -0.2) is 0 Å². The first-order valence-corrected chi connectivity index (χ1v) is 1.32. The zero-order valence-electron chi connectivity index (χ0n) is 8.57. The Morgan fingerprint density at radius 3 is 0.600 bits per heavy atom. The van der Waals surface area contributed by atoms with Gasteiger partial charge in [-0.2, -0.15) is 0 Å². The van der Waals surface area contributed by atoms with E-state index in [1.807, 2.05) is 0 Å². The van der Waals surface area contributed by atoms with Crippen LogP contribution in [-0.4, -0.2) is 190 Å². The summed E-state index contributed by atoms with van der Waals surface area (Å²) in [5.41, 5.74) is 9.81. The van der Waals surface area contributed by atoms with Crippen molar-refractivity contribution in [2.45, 2.75) is 0 Å². The van der Waals surface area contributed by atoms with Gasteiger partial charge < -0.3 is 11.5 Å². The van der Waals surface area contributed by atoms with Crippen molar-refractivity contribution >= 4 is 177 Å². The van der Waals surface area contributed by atoms with E-state index in [-0.39, 0.29) is 177 Å². The Morgan fingerprint density at radius 2 is 0.600 bits per heavy atom. The van der Waals surface area contributed by atoms with Crippen LogP contribution in [0, 0.1) is 0 Å². The van der Waals surface area contributed by atoms with Crippen LogP contribution in [0.1, 0.15) is 0 Å². The zero-order chi connectivity index (χ0) is 3.41. The van der Waals surface area contributed by atoms with E-state index >= 15 is 0 Å². The molecule has 0 amide bonds. The second-order valence-electron chi connectivity index (χ2n) is 0.577. The molecule has 4 N–H and O–H groups in total. The number of rotatable bonds is 1. The van der Waals surface area contributed by atoms with Gasteiger partial charge in [0.05, 0.1) is 0 Å². The summed E-state index contributed by atoms with van der Waals surface area (Å²) in [7, 11) is 0. The average Bonchev–Trinajstić information content (AvgIpc) is 1.37. The van der Waals surface area contributed by atoms with Gasteiger partial charge >= 0.3 is 0 Å². The van der Waals surface area contributed by atoms with Crippen LogP contribution in [0.4, 0.5) is 0 Å². The fraction of sp³-hybridized carbons (Fsp3) is 1.00. The molecule has 0 aromatic rings. The van der Waals surface area contributed by atoms with Crippen LogP contribution in [0.15, 0.2) is 0 Å². The van der Waals surface area contributed by atoms with Gasteiger partial charge in [-0.3, -0.25) is 0 Å². The van der Waals surface area contributed by atoms with E-state index in [2.05, 4.69) is 0 Å². The van der Waals surface area contributed by atoms with Gasteiger partial charge in [0.15, 0.2) is 0 Å². The van der Waals surface area contributed by atoms with Crippen molar-refractivity contribution in [1.82, 2.24) is 0 Å². The first kappa shape index (κ1) is 44.5. The quantitative estimate of drug-likeness (QED) is 0.432. The van der Waals surface area contributed by atoms with E-state index in [0.29, 0.717) is 13.1 Å². The molecule has 0 fully saturated rings. The van der Waals surface area contributed by atoms with Crippen molar-refractivity contribution in [3.63, 3.8) is 0 Å². The molecule has 0 saturated carbocycles. The minimum Gasteiger partial charge on any atom is -0.329 e. The molecule has 0 aliphatic carbocycles. The van der Waals surface area contributed by atoms with E-state index in [0.717, 1.165) is 0 Å².